The van der Waals surface area contributed by atoms with Crippen LogP contribution >= 0.6 is 0 Å². The van der Waals surface area contributed by atoms with E-state index in [1.165, 1.54) is 0 Å². The highest BCUT2D eigenvalue weighted by molar-refractivity contribution is 5.10. The highest BCUT2D eigenvalue weighted by Gasteiger charge is 2.15. The molecule has 0 amide bonds. The Morgan fingerprint density at radius 2 is 2.23 bits per heavy atom. The van der Waals surface area contributed by atoms with E-state index in [9.17, 15) is 0 Å². The van der Waals surface area contributed by atoms with Gasteiger partial charge in [0.25, 0.3) is 0 Å². The van der Waals surface area contributed by atoms with Crippen LogP contribution in [0.5, 0.6) is 0 Å². The average molecular weight is 183 g/mol. The predicted molar refractivity (Wildman–Crippen MR) is 51.2 cm³/mol. The number of nitrogens with two attached hydrogens (primary N) is 1. The predicted octanol–water partition coefficient (Wildman–Crippen LogP) is 0.630. The summed E-state index contributed by atoms with van der Waals surface area (Å²) in [6.45, 7) is 6.15. The highest BCUT2D eigenvalue weighted by atomic mass is 16.3. The van der Waals surface area contributed by atoms with Gasteiger partial charge in [-0.15, -0.1) is 0 Å². The molecular weight excluding hydrogens is 166 g/mol. The van der Waals surface area contributed by atoms with Gasteiger partial charge in [0.05, 0.1) is 24.4 Å². The van der Waals surface area contributed by atoms with Crippen LogP contribution in [0.4, 0.5) is 0 Å². The van der Waals surface area contributed by atoms with Gasteiger partial charge in [0.2, 0.25) is 0 Å². The largest absolute Gasteiger partial charge is 0.394 e. The van der Waals surface area contributed by atoms with E-state index in [1.807, 2.05) is 10.9 Å². The van der Waals surface area contributed by atoms with Crippen LogP contribution in [0.1, 0.15) is 32.4 Å². The average Bonchev–Trinajstić information content (AvgIpc) is 2.50. The Bertz CT molecular complexity index is 275. The summed E-state index contributed by atoms with van der Waals surface area (Å²) in [5, 5.41) is 13.0. The highest BCUT2D eigenvalue weighted by Crippen LogP contribution is 2.15. The second-order valence-electron chi connectivity index (χ2n) is 4.18. The van der Waals surface area contributed by atoms with Gasteiger partial charge in [0.15, 0.2) is 0 Å². The summed E-state index contributed by atoms with van der Waals surface area (Å²) in [6.07, 6.45) is 3.58. The summed E-state index contributed by atoms with van der Waals surface area (Å²) >= 11 is 0. The summed E-state index contributed by atoms with van der Waals surface area (Å²) in [7, 11) is 0. The normalized spacial score (nSPS) is 14.5. The fraction of sp³-hybridized carbons (Fsp3) is 0.667. The minimum atomic E-state index is -0.323. The molecule has 0 radical (unpaired) electrons. The molecule has 3 N–H and O–H groups in total. The van der Waals surface area contributed by atoms with Gasteiger partial charge in [-0.2, -0.15) is 5.10 Å². The van der Waals surface area contributed by atoms with Crippen molar-refractivity contribution in [2.45, 2.75) is 32.4 Å². The molecule has 0 fully saturated rings. The van der Waals surface area contributed by atoms with Crippen molar-refractivity contribution >= 4 is 0 Å². The van der Waals surface area contributed by atoms with Gasteiger partial charge < -0.3 is 10.8 Å². The van der Waals surface area contributed by atoms with E-state index in [1.54, 1.807) is 6.20 Å². The Morgan fingerprint density at radius 3 is 2.62 bits per heavy atom. The third kappa shape index (κ3) is 2.29. The maximum absolute atomic E-state index is 8.84. The number of aliphatic hydroxyl groups excluding tert-OH is 1. The maximum atomic E-state index is 8.84. The first-order chi connectivity index (χ1) is 5.95. The van der Waals surface area contributed by atoms with E-state index in [-0.39, 0.29) is 18.2 Å². The molecule has 0 aromatic carbocycles. The van der Waals surface area contributed by atoms with Crippen molar-refractivity contribution in [1.82, 2.24) is 9.78 Å². The van der Waals surface area contributed by atoms with Crippen LogP contribution in [0.2, 0.25) is 0 Å². The molecule has 0 aliphatic rings. The topological polar surface area (TPSA) is 64.1 Å². The number of hydrogen-bond donors (Lipinski definition) is 2. The molecule has 1 rings (SSSR count). The quantitative estimate of drug-likeness (QED) is 0.707. The molecule has 0 aliphatic heterocycles. The molecule has 0 spiro atoms. The van der Waals surface area contributed by atoms with E-state index in [0.29, 0.717) is 0 Å². The standard InChI is InChI=1S/C9H17N3O/c1-9(2,3)12-5-7(4-11-12)8(10)6-13/h4-5,8,13H,6,10H2,1-3H3/t8-/m0/s1. The molecule has 74 valence electrons. The lowest BCUT2D eigenvalue weighted by Gasteiger charge is -2.18. The van der Waals surface area contributed by atoms with E-state index in [2.05, 4.69) is 25.9 Å². The molecular formula is C9H17N3O. The summed E-state index contributed by atoms with van der Waals surface area (Å²) in [4.78, 5) is 0. The number of rotatable bonds is 2. The Hall–Kier alpha value is -0.870. The van der Waals surface area contributed by atoms with E-state index in [4.69, 9.17) is 10.8 Å². The van der Waals surface area contributed by atoms with Gasteiger partial charge >= 0.3 is 0 Å². The molecule has 4 nitrogen and oxygen atoms in total. The summed E-state index contributed by atoms with van der Waals surface area (Å²) in [5.41, 5.74) is 6.49. The Balaban J connectivity index is 2.87. The monoisotopic (exact) mass is 183 g/mol. The molecule has 1 aromatic rings. The molecule has 4 heteroatoms. The number of nitrogens with zero attached hydrogens (tertiary/aromatic N) is 2. The van der Waals surface area contributed by atoms with E-state index >= 15 is 0 Å². The van der Waals surface area contributed by atoms with Crippen molar-refractivity contribution in [3.05, 3.63) is 18.0 Å². The van der Waals surface area contributed by atoms with Crippen molar-refractivity contribution in [1.29, 1.82) is 0 Å². The zero-order chi connectivity index (χ0) is 10.1. The SMILES string of the molecule is CC(C)(C)n1cc([C@@H](N)CO)cn1. The molecule has 0 saturated carbocycles. The Labute approximate surface area is 78.4 Å². The van der Waals surface area contributed by atoms with E-state index in [0.717, 1.165) is 5.56 Å². The maximum Gasteiger partial charge on any atom is 0.0625 e. The number of aromatic nitrogens is 2. The molecule has 0 unspecified atom stereocenters. The fourth-order valence-corrected chi connectivity index (χ4v) is 1.00. The van der Waals surface area contributed by atoms with Crippen molar-refractivity contribution in [3.63, 3.8) is 0 Å². The first-order valence-corrected chi connectivity index (χ1v) is 4.36. The Morgan fingerprint density at radius 1 is 1.62 bits per heavy atom. The van der Waals surface area contributed by atoms with Gasteiger partial charge in [0.1, 0.15) is 0 Å². The van der Waals surface area contributed by atoms with Crippen molar-refractivity contribution < 1.29 is 5.11 Å². The van der Waals surface area contributed by atoms with Crippen LogP contribution in [-0.4, -0.2) is 21.5 Å². The molecule has 1 aromatic heterocycles. The zero-order valence-electron chi connectivity index (χ0n) is 8.36. The van der Waals surface area contributed by atoms with Crippen LogP contribution in [0.15, 0.2) is 12.4 Å². The zero-order valence-corrected chi connectivity index (χ0v) is 8.36. The first kappa shape index (κ1) is 10.2. The van der Waals surface area contributed by atoms with Crippen LogP contribution < -0.4 is 5.73 Å². The minimum Gasteiger partial charge on any atom is -0.394 e. The first-order valence-electron chi connectivity index (χ1n) is 4.36. The second kappa shape index (κ2) is 3.47. The molecule has 0 aliphatic carbocycles. The molecule has 13 heavy (non-hydrogen) atoms. The molecule has 1 atom stereocenters. The summed E-state index contributed by atoms with van der Waals surface area (Å²) in [6, 6.07) is -0.323. The van der Waals surface area contributed by atoms with Gasteiger partial charge in [-0.1, -0.05) is 0 Å². The number of hydrogen-bond acceptors (Lipinski definition) is 3. The lowest BCUT2D eigenvalue weighted by Crippen LogP contribution is -2.22. The third-order valence-electron chi connectivity index (χ3n) is 1.91. The lowest BCUT2D eigenvalue weighted by molar-refractivity contribution is 0.267. The van der Waals surface area contributed by atoms with Crippen molar-refractivity contribution in [2.75, 3.05) is 6.61 Å². The van der Waals surface area contributed by atoms with Gasteiger partial charge in [-0.05, 0) is 20.8 Å². The number of aliphatic hydroxyl groups is 1. The van der Waals surface area contributed by atoms with Gasteiger partial charge in [0, 0.05) is 11.8 Å². The van der Waals surface area contributed by atoms with Crippen molar-refractivity contribution in [3.8, 4) is 0 Å². The molecule has 0 bridgehead atoms. The van der Waals surface area contributed by atoms with Gasteiger partial charge in [-0.3, -0.25) is 4.68 Å². The van der Waals surface area contributed by atoms with E-state index < -0.39 is 0 Å². The smallest absolute Gasteiger partial charge is 0.0625 e. The molecule has 1 heterocycles. The molecule has 0 saturated heterocycles. The minimum absolute atomic E-state index is 0.0343. The summed E-state index contributed by atoms with van der Waals surface area (Å²) < 4.78 is 1.85. The van der Waals surface area contributed by atoms with Gasteiger partial charge in [-0.25, -0.2) is 0 Å². The fourth-order valence-electron chi connectivity index (χ4n) is 1.00. The van der Waals surface area contributed by atoms with Crippen LogP contribution in [-0.2, 0) is 5.54 Å². The second-order valence-corrected chi connectivity index (χ2v) is 4.18. The lowest BCUT2D eigenvalue weighted by atomic mass is 10.1. The Kier molecular flexibility index (Phi) is 2.73. The van der Waals surface area contributed by atoms with Crippen molar-refractivity contribution in [2.24, 2.45) is 5.73 Å². The van der Waals surface area contributed by atoms with Crippen LogP contribution in [0.25, 0.3) is 0 Å². The van der Waals surface area contributed by atoms with Crippen LogP contribution in [0, 0.1) is 0 Å². The summed E-state index contributed by atoms with van der Waals surface area (Å²) in [5.74, 6) is 0. The third-order valence-corrected chi connectivity index (χ3v) is 1.91. The van der Waals surface area contributed by atoms with Crippen LogP contribution in [0.3, 0.4) is 0 Å².